The van der Waals surface area contributed by atoms with Gasteiger partial charge in [-0.15, -0.1) is 0 Å². The Morgan fingerprint density at radius 1 is 1.06 bits per heavy atom. The third-order valence-corrected chi connectivity index (χ3v) is 5.70. The van der Waals surface area contributed by atoms with Crippen LogP contribution in [-0.4, -0.2) is 32.4 Å². The first-order valence-electron chi connectivity index (χ1n) is 10.8. The lowest BCUT2D eigenvalue weighted by molar-refractivity contribution is -0.141. The normalized spacial score (nSPS) is 14.7. The van der Waals surface area contributed by atoms with E-state index < -0.39 is 18.0 Å². The summed E-state index contributed by atoms with van der Waals surface area (Å²) in [6.45, 7) is 0.316. The molecule has 1 N–H and O–H groups in total. The zero-order valence-electron chi connectivity index (χ0n) is 17.9. The SMILES string of the molecule is O=C(Cc1ccc(C(F)(F)F)nc1)N(Cc1ccccc1)CC(O)c1cnccc1C1CC1. The lowest BCUT2D eigenvalue weighted by Gasteiger charge is -2.27. The average molecular weight is 455 g/mol. The molecule has 1 saturated carbocycles. The highest BCUT2D eigenvalue weighted by atomic mass is 19.4. The summed E-state index contributed by atoms with van der Waals surface area (Å²) in [5.41, 5.74) is 2.02. The first kappa shape index (κ1) is 22.9. The maximum atomic E-state index is 13.1. The van der Waals surface area contributed by atoms with Crippen molar-refractivity contribution < 1.29 is 23.1 Å². The minimum atomic E-state index is -4.53. The van der Waals surface area contributed by atoms with E-state index in [1.807, 2.05) is 36.4 Å². The molecule has 1 aliphatic carbocycles. The first-order chi connectivity index (χ1) is 15.8. The standard InChI is InChI=1S/C25H24F3N3O2/c26-25(27,28)23-9-6-18(13-30-23)12-24(33)31(15-17-4-2-1-3-5-17)16-22(32)21-14-29-11-10-20(21)19-7-8-19/h1-6,9-11,13-14,19,22,32H,7-8,12,15-16H2. The van der Waals surface area contributed by atoms with Crippen LogP contribution in [0.25, 0.3) is 0 Å². The number of carbonyl (C=O) groups is 1. The number of aromatic nitrogens is 2. The van der Waals surface area contributed by atoms with Crippen LogP contribution in [0.5, 0.6) is 0 Å². The number of amides is 1. The lowest BCUT2D eigenvalue weighted by atomic mass is 10.0. The molecule has 33 heavy (non-hydrogen) atoms. The molecule has 1 aliphatic rings. The number of halogens is 3. The second kappa shape index (κ2) is 9.70. The quantitative estimate of drug-likeness (QED) is 0.536. The molecule has 4 rings (SSSR count). The highest BCUT2D eigenvalue weighted by Crippen LogP contribution is 2.42. The van der Waals surface area contributed by atoms with Gasteiger partial charge in [-0.05, 0) is 47.6 Å². The monoisotopic (exact) mass is 455 g/mol. The van der Waals surface area contributed by atoms with Gasteiger partial charge in [0.1, 0.15) is 5.69 Å². The van der Waals surface area contributed by atoms with Crippen molar-refractivity contribution in [3.63, 3.8) is 0 Å². The number of alkyl halides is 3. The second-order valence-corrected chi connectivity index (χ2v) is 8.28. The zero-order chi connectivity index (χ0) is 23.4. The fourth-order valence-electron chi connectivity index (χ4n) is 3.81. The smallest absolute Gasteiger partial charge is 0.386 e. The predicted molar refractivity (Wildman–Crippen MR) is 116 cm³/mol. The summed E-state index contributed by atoms with van der Waals surface area (Å²) in [5.74, 6) is 0.102. The molecule has 1 aromatic carbocycles. The number of hydrogen-bond acceptors (Lipinski definition) is 4. The van der Waals surface area contributed by atoms with E-state index in [4.69, 9.17) is 0 Å². The number of hydrogen-bond donors (Lipinski definition) is 1. The van der Waals surface area contributed by atoms with Crippen LogP contribution in [0.3, 0.4) is 0 Å². The summed E-state index contributed by atoms with van der Waals surface area (Å²) < 4.78 is 38.3. The van der Waals surface area contributed by atoms with Gasteiger partial charge in [0.15, 0.2) is 0 Å². The number of benzene rings is 1. The van der Waals surface area contributed by atoms with E-state index in [9.17, 15) is 23.1 Å². The van der Waals surface area contributed by atoms with Crippen molar-refractivity contribution in [3.8, 4) is 0 Å². The van der Waals surface area contributed by atoms with Gasteiger partial charge >= 0.3 is 6.18 Å². The third kappa shape index (κ3) is 5.96. The molecule has 1 unspecified atom stereocenters. The average Bonchev–Trinajstić information content (AvgIpc) is 3.64. The second-order valence-electron chi connectivity index (χ2n) is 8.28. The van der Waals surface area contributed by atoms with Crippen LogP contribution in [0.15, 0.2) is 67.1 Å². The highest BCUT2D eigenvalue weighted by Gasteiger charge is 2.32. The molecule has 0 radical (unpaired) electrons. The summed E-state index contributed by atoms with van der Waals surface area (Å²) in [6.07, 6.45) is 0.978. The van der Waals surface area contributed by atoms with Gasteiger partial charge in [-0.3, -0.25) is 14.8 Å². The largest absolute Gasteiger partial charge is 0.433 e. The maximum absolute atomic E-state index is 13.1. The molecule has 1 atom stereocenters. The van der Waals surface area contributed by atoms with Gasteiger partial charge in [0.05, 0.1) is 19.1 Å². The topological polar surface area (TPSA) is 66.3 Å². The molecule has 0 spiro atoms. The van der Waals surface area contributed by atoms with Crippen LogP contribution in [0.4, 0.5) is 13.2 Å². The van der Waals surface area contributed by atoms with Crippen LogP contribution in [0.1, 0.15) is 52.8 Å². The van der Waals surface area contributed by atoms with Crippen molar-refractivity contribution >= 4 is 5.91 Å². The van der Waals surface area contributed by atoms with Crippen molar-refractivity contribution in [2.75, 3.05) is 6.54 Å². The molecule has 172 valence electrons. The lowest BCUT2D eigenvalue weighted by Crippen LogP contribution is -2.35. The minimum Gasteiger partial charge on any atom is -0.386 e. The Morgan fingerprint density at radius 3 is 2.45 bits per heavy atom. The molecule has 0 saturated heterocycles. The van der Waals surface area contributed by atoms with Gasteiger partial charge < -0.3 is 10.0 Å². The molecule has 8 heteroatoms. The zero-order valence-corrected chi connectivity index (χ0v) is 17.9. The first-order valence-corrected chi connectivity index (χ1v) is 10.8. The summed E-state index contributed by atoms with van der Waals surface area (Å²) in [6, 6.07) is 13.4. The van der Waals surface area contributed by atoms with Gasteiger partial charge in [0, 0.05) is 30.7 Å². The highest BCUT2D eigenvalue weighted by molar-refractivity contribution is 5.78. The van der Waals surface area contributed by atoms with Gasteiger partial charge in [-0.1, -0.05) is 36.4 Å². The molecule has 0 aliphatic heterocycles. The Hall–Kier alpha value is -3.26. The van der Waals surface area contributed by atoms with Crippen molar-refractivity contribution in [1.82, 2.24) is 14.9 Å². The van der Waals surface area contributed by atoms with Gasteiger partial charge in [0.2, 0.25) is 5.91 Å². The molecule has 1 fully saturated rings. The van der Waals surface area contributed by atoms with E-state index in [2.05, 4.69) is 9.97 Å². The van der Waals surface area contributed by atoms with E-state index >= 15 is 0 Å². The summed E-state index contributed by atoms with van der Waals surface area (Å²) >= 11 is 0. The molecular weight excluding hydrogens is 431 g/mol. The number of rotatable bonds is 8. The van der Waals surface area contributed by atoms with Crippen LogP contribution in [0.2, 0.25) is 0 Å². The fourth-order valence-corrected chi connectivity index (χ4v) is 3.81. The van der Waals surface area contributed by atoms with Crippen LogP contribution >= 0.6 is 0 Å². The molecular formula is C25H24F3N3O2. The summed E-state index contributed by atoms with van der Waals surface area (Å²) in [5, 5.41) is 11.0. The van der Waals surface area contributed by atoms with Crippen LogP contribution in [-0.2, 0) is 23.9 Å². The molecule has 0 bridgehead atoms. The number of nitrogens with zero attached hydrogens (tertiary/aromatic N) is 3. The number of pyridine rings is 2. The Balaban J connectivity index is 1.52. The molecule has 2 heterocycles. The third-order valence-electron chi connectivity index (χ3n) is 5.70. The number of aliphatic hydroxyl groups excluding tert-OH is 1. The van der Waals surface area contributed by atoms with E-state index in [1.165, 1.54) is 11.0 Å². The van der Waals surface area contributed by atoms with E-state index in [0.717, 1.165) is 36.2 Å². The van der Waals surface area contributed by atoms with Crippen LogP contribution < -0.4 is 0 Å². The van der Waals surface area contributed by atoms with Gasteiger partial charge in [-0.2, -0.15) is 13.2 Å². The number of aliphatic hydroxyl groups is 1. The fraction of sp³-hybridized carbons (Fsp3) is 0.320. The van der Waals surface area contributed by atoms with Gasteiger partial charge in [-0.25, -0.2) is 0 Å². The van der Waals surface area contributed by atoms with Crippen LogP contribution in [0, 0.1) is 0 Å². The molecule has 5 nitrogen and oxygen atoms in total. The Labute approximate surface area is 189 Å². The molecule has 2 aromatic heterocycles. The molecule has 1 amide bonds. The van der Waals surface area contributed by atoms with Crippen molar-refractivity contribution in [2.45, 2.75) is 44.0 Å². The molecule has 3 aromatic rings. The van der Waals surface area contributed by atoms with Gasteiger partial charge in [0.25, 0.3) is 0 Å². The Bertz CT molecular complexity index is 1080. The van der Waals surface area contributed by atoms with Crippen molar-refractivity contribution in [3.05, 3.63) is 95.1 Å². The van der Waals surface area contributed by atoms with Crippen molar-refractivity contribution in [2.24, 2.45) is 0 Å². The van der Waals surface area contributed by atoms with E-state index in [0.29, 0.717) is 17.0 Å². The Morgan fingerprint density at radius 2 is 1.82 bits per heavy atom. The minimum absolute atomic E-state index is 0.0488. The summed E-state index contributed by atoms with van der Waals surface area (Å²) in [4.78, 5) is 22.3. The predicted octanol–water partition coefficient (Wildman–Crippen LogP) is 4.68. The van der Waals surface area contributed by atoms with Crippen molar-refractivity contribution in [1.29, 1.82) is 0 Å². The van der Waals surface area contributed by atoms with E-state index in [-0.39, 0.29) is 25.4 Å². The Kier molecular flexibility index (Phi) is 6.74. The number of carbonyl (C=O) groups excluding carboxylic acids is 1. The van der Waals surface area contributed by atoms with E-state index in [1.54, 1.807) is 12.4 Å². The maximum Gasteiger partial charge on any atom is 0.433 e. The summed E-state index contributed by atoms with van der Waals surface area (Å²) in [7, 11) is 0.